The summed E-state index contributed by atoms with van der Waals surface area (Å²) in [5.74, 6) is -0.640. The van der Waals surface area contributed by atoms with Crippen LogP contribution in [0, 0.1) is 0 Å². The van der Waals surface area contributed by atoms with Crippen molar-refractivity contribution in [3.63, 3.8) is 0 Å². The van der Waals surface area contributed by atoms with E-state index in [1.54, 1.807) is 41.3 Å². The minimum Gasteiger partial charge on any atom is -0.496 e. The lowest BCUT2D eigenvalue weighted by Gasteiger charge is -2.38. The molecule has 3 heterocycles. The number of benzene rings is 2. The van der Waals surface area contributed by atoms with Crippen LogP contribution in [0.2, 0.25) is 0 Å². The summed E-state index contributed by atoms with van der Waals surface area (Å²) >= 11 is 6.21. The molecule has 1 fully saturated rings. The maximum absolute atomic E-state index is 13.7. The zero-order valence-corrected chi connectivity index (χ0v) is 20.5. The van der Waals surface area contributed by atoms with Crippen molar-refractivity contribution in [2.75, 3.05) is 12.0 Å². The van der Waals surface area contributed by atoms with E-state index >= 15 is 0 Å². The van der Waals surface area contributed by atoms with Crippen molar-refractivity contribution in [1.82, 2.24) is 5.32 Å². The summed E-state index contributed by atoms with van der Waals surface area (Å²) in [7, 11) is 1.48. The van der Waals surface area contributed by atoms with E-state index in [-0.39, 0.29) is 27.7 Å². The number of methoxy groups -OCH3 is 1. The second-order valence-corrected chi connectivity index (χ2v) is 10.3. The average molecular weight is 493 g/mol. The monoisotopic (exact) mass is 492 g/mol. The number of anilines is 1. The van der Waals surface area contributed by atoms with Gasteiger partial charge < -0.3 is 14.8 Å². The molecule has 34 heavy (non-hydrogen) atoms. The quantitative estimate of drug-likeness (QED) is 0.296. The molecular weight excluding hydrogens is 472 g/mol. The van der Waals surface area contributed by atoms with Gasteiger partial charge in [-0.25, -0.2) is 4.79 Å². The zero-order valence-electron chi connectivity index (χ0n) is 18.8. The van der Waals surface area contributed by atoms with Gasteiger partial charge in [0.1, 0.15) is 21.4 Å². The molecule has 0 aromatic heterocycles. The van der Waals surface area contributed by atoms with Gasteiger partial charge in [0.25, 0.3) is 11.8 Å². The molecule has 0 radical (unpaired) electrons. The van der Waals surface area contributed by atoms with Crippen LogP contribution in [0.3, 0.4) is 0 Å². The molecule has 9 heteroatoms. The van der Waals surface area contributed by atoms with E-state index < -0.39 is 17.4 Å². The molecule has 2 amide bonds. The first-order chi connectivity index (χ1) is 16.1. The Bertz CT molecular complexity index is 1390. The molecule has 0 spiro atoms. The summed E-state index contributed by atoms with van der Waals surface area (Å²) in [5.41, 5.74) is 2.85. The standard InChI is InChI=1S/C25H20N2O5S2/c1-12-11-25(2,3)27-19-15(12)9-13(32-23(30)14-7-5-6-8-17(14)31-4)10-16(19)18(22(27)29)20-21(28)26-24(33)34-20/h5-11H,1-4H3,(H,26,28,33)/b20-18-. The normalized spacial score (nSPS) is 20.2. The topological polar surface area (TPSA) is 84.9 Å². The van der Waals surface area contributed by atoms with Gasteiger partial charge >= 0.3 is 5.97 Å². The number of ether oxygens (including phenoxy) is 2. The van der Waals surface area contributed by atoms with E-state index in [4.69, 9.17) is 21.7 Å². The molecule has 3 aliphatic rings. The van der Waals surface area contributed by atoms with Gasteiger partial charge in [0.2, 0.25) is 0 Å². The van der Waals surface area contributed by atoms with Gasteiger partial charge in [-0.15, -0.1) is 0 Å². The Kier molecular flexibility index (Phi) is 5.14. The lowest BCUT2D eigenvalue weighted by molar-refractivity contribution is -0.116. The third-order valence-corrected chi connectivity index (χ3v) is 7.18. The molecule has 0 saturated carbocycles. The second-order valence-electron chi connectivity index (χ2n) is 8.63. The average Bonchev–Trinajstić information content (AvgIpc) is 3.26. The van der Waals surface area contributed by atoms with E-state index in [9.17, 15) is 14.4 Å². The number of nitrogens with one attached hydrogen (secondary N) is 1. The smallest absolute Gasteiger partial charge is 0.347 e. The van der Waals surface area contributed by atoms with Gasteiger partial charge in [-0.05, 0) is 50.6 Å². The number of thioether (sulfide) groups is 1. The summed E-state index contributed by atoms with van der Waals surface area (Å²) in [6.07, 6.45) is 1.99. The van der Waals surface area contributed by atoms with Crippen LogP contribution in [0.5, 0.6) is 11.5 Å². The predicted octanol–water partition coefficient (Wildman–Crippen LogP) is 4.32. The van der Waals surface area contributed by atoms with Gasteiger partial charge in [-0.1, -0.05) is 42.2 Å². The molecule has 2 aromatic rings. The van der Waals surface area contributed by atoms with Crippen LogP contribution in [-0.2, 0) is 9.59 Å². The number of rotatable bonds is 3. The number of amides is 2. The Morgan fingerprint density at radius 2 is 1.85 bits per heavy atom. The number of thiocarbonyl (C=S) groups is 1. The number of hydrogen-bond donors (Lipinski definition) is 1. The Hall–Kier alpha value is -3.43. The molecule has 5 rings (SSSR count). The molecule has 0 atom stereocenters. The number of allylic oxidation sites excluding steroid dienone is 1. The van der Waals surface area contributed by atoms with E-state index in [1.165, 1.54) is 7.11 Å². The fourth-order valence-corrected chi connectivity index (χ4v) is 5.74. The maximum Gasteiger partial charge on any atom is 0.347 e. The minimum atomic E-state index is -0.610. The highest BCUT2D eigenvalue weighted by Gasteiger charge is 2.47. The summed E-state index contributed by atoms with van der Waals surface area (Å²) in [5, 5.41) is 2.58. The van der Waals surface area contributed by atoms with Crippen molar-refractivity contribution >= 4 is 62.9 Å². The van der Waals surface area contributed by atoms with Gasteiger partial charge in [-0.3, -0.25) is 14.5 Å². The van der Waals surface area contributed by atoms with Crippen molar-refractivity contribution in [3.05, 3.63) is 64.1 Å². The molecular formula is C25H20N2O5S2. The van der Waals surface area contributed by atoms with Gasteiger partial charge in [0.15, 0.2) is 0 Å². The second kappa shape index (κ2) is 7.82. The fraction of sp³-hybridized carbons (Fsp3) is 0.200. The Balaban J connectivity index is 1.68. The number of carbonyl (C=O) groups excluding carboxylic acids is 3. The third kappa shape index (κ3) is 3.35. The van der Waals surface area contributed by atoms with Crippen LogP contribution in [0.4, 0.5) is 5.69 Å². The van der Waals surface area contributed by atoms with E-state index in [0.29, 0.717) is 21.3 Å². The highest BCUT2D eigenvalue weighted by atomic mass is 32.2. The molecule has 7 nitrogen and oxygen atoms in total. The predicted molar refractivity (Wildman–Crippen MR) is 135 cm³/mol. The van der Waals surface area contributed by atoms with Crippen LogP contribution >= 0.6 is 24.0 Å². The lowest BCUT2D eigenvalue weighted by atomic mass is 9.89. The molecule has 3 aliphatic heterocycles. The van der Waals surface area contributed by atoms with Crippen molar-refractivity contribution < 1.29 is 23.9 Å². The maximum atomic E-state index is 13.7. The van der Waals surface area contributed by atoms with Crippen LogP contribution in [0.15, 0.2) is 47.4 Å². The first kappa shape index (κ1) is 22.4. The largest absolute Gasteiger partial charge is 0.496 e. The van der Waals surface area contributed by atoms with Gasteiger partial charge in [0, 0.05) is 11.1 Å². The molecule has 2 aromatic carbocycles. The highest BCUT2D eigenvalue weighted by Crippen LogP contribution is 2.52. The summed E-state index contributed by atoms with van der Waals surface area (Å²) in [6, 6.07) is 10.2. The Labute approximate surface area is 205 Å². The van der Waals surface area contributed by atoms with Gasteiger partial charge in [0.05, 0.1) is 28.8 Å². The summed E-state index contributed by atoms with van der Waals surface area (Å²) in [6.45, 7) is 5.83. The molecule has 172 valence electrons. The fourth-order valence-electron chi connectivity index (χ4n) is 4.62. The molecule has 0 unspecified atom stereocenters. The number of carbonyl (C=O) groups is 3. The van der Waals surface area contributed by atoms with Crippen molar-refractivity contribution in [2.45, 2.75) is 26.3 Å². The Morgan fingerprint density at radius 3 is 2.53 bits per heavy atom. The summed E-state index contributed by atoms with van der Waals surface area (Å²) < 4.78 is 11.3. The molecule has 1 saturated heterocycles. The van der Waals surface area contributed by atoms with E-state index in [1.807, 2.05) is 26.8 Å². The minimum absolute atomic E-state index is 0.244. The van der Waals surface area contributed by atoms with E-state index in [0.717, 1.165) is 22.9 Å². The SMILES string of the molecule is COc1ccccc1C(=O)Oc1cc2c3c(c1)/C(=C1/SC(=S)NC1=O)C(=O)N3C(C)(C)C=C2C. The lowest BCUT2D eigenvalue weighted by Crippen LogP contribution is -2.46. The first-order valence-electron chi connectivity index (χ1n) is 10.5. The van der Waals surface area contributed by atoms with E-state index in [2.05, 4.69) is 5.32 Å². The third-order valence-electron chi connectivity index (χ3n) is 5.95. The van der Waals surface area contributed by atoms with Crippen LogP contribution in [0.1, 0.15) is 42.3 Å². The highest BCUT2D eigenvalue weighted by molar-refractivity contribution is 8.27. The van der Waals surface area contributed by atoms with Crippen LogP contribution in [-0.4, -0.2) is 34.8 Å². The zero-order chi connectivity index (χ0) is 24.4. The Morgan fingerprint density at radius 1 is 1.15 bits per heavy atom. The number of hydrogen-bond acceptors (Lipinski definition) is 7. The first-order valence-corrected chi connectivity index (χ1v) is 11.7. The molecule has 0 bridgehead atoms. The number of nitrogens with zero attached hydrogens (tertiary/aromatic N) is 1. The van der Waals surface area contributed by atoms with Crippen molar-refractivity contribution in [3.8, 4) is 11.5 Å². The molecule has 1 N–H and O–H groups in total. The van der Waals surface area contributed by atoms with Crippen molar-refractivity contribution in [1.29, 1.82) is 0 Å². The van der Waals surface area contributed by atoms with Gasteiger partial charge in [-0.2, -0.15) is 0 Å². The van der Waals surface area contributed by atoms with Crippen LogP contribution < -0.4 is 19.7 Å². The number of para-hydroxylation sites is 1. The summed E-state index contributed by atoms with van der Waals surface area (Å²) in [4.78, 5) is 41.2. The molecule has 0 aliphatic carbocycles. The van der Waals surface area contributed by atoms with Crippen molar-refractivity contribution in [2.24, 2.45) is 0 Å². The number of esters is 1. The van der Waals surface area contributed by atoms with Crippen LogP contribution in [0.25, 0.3) is 11.1 Å².